The molecule has 1 aliphatic rings. The van der Waals surface area contributed by atoms with Crippen molar-refractivity contribution < 1.29 is 13.2 Å². The highest BCUT2D eigenvalue weighted by Crippen LogP contribution is 2.13. The van der Waals surface area contributed by atoms with Gasteiger partial charge in [0.2, 0.25) is 10.0 Å². The second-order valence-electron chi connectivity index (χ2n) is 6.20. The van der Waals surface area contributed by atoms with Crippen LogP contribution in [0.3, 0.4) is 0 Å². The largest absolute Gasteiger partial charge is 0.378 e. The predicted molar refractivity (Wildman–Crippen MR) is 96.0 cm³/mol. The first-order valence-electron chi connectivity index (χ1n) is 8.00. The molecule has 1 heterocycles. The zero-order chi connectivity index (χ0) is 17.7. The summed E-state index contributed by atoms with van der Waals surface area (Å²) in [5.74, 6) is -0.0894. The van der Waals surface area contributed by atoms with E-state index in [2.05, 4.69) is 10.2 Å². The number of hydrogen-bond acceptors (Lipinski definition) is 5. The van der Waals surface area contributed by atoms with Crippen molar-refractivity contribution in [1.82, 2.24) is 14.5 Å². The molecular weight excluding hydrogens is 328 g/mol. The van der Waals surface area contributed by atoms with E-state index in [1.807, 2.05) is 37.2 Å². The van der Waals surface area contributed by atoms with Gasteiger partial charge in [-0.25, -0.2) is 8.42 Å². The summed E-state index contributed by atoms with van der Waals surface area (Å²) in [4.78, 5) is 16.3. The van der Waals surface area contributed by atoms with Crippen LogP contribution in [0.1, 0.15) is 10.4 Å². The molecule has 0 aromatic heterocycles. The molecule has 1 aromatic carbocycles. The number of amides is 1. The summed E-state index contributed by atoms with van der Waals surface area (Å²) in [6.45, 7) is 3.67. The summed E-state index contributed by atoms with van der Waals surface area (Å²) < 4.78 is 24.4. The SMILES string of the molecule is CN(C)c1cccc(C(=O)NCCN2CCN(S(C)(=O)=O)CC2)c1. The molecule has 8 heteroatoms. The molecule has 1 amide bonds. The van der Waals surface area contributed by atoms with Gasteiger partial charge in [-0.05, 0) is 18.2 Å². The van der Waals surface area contributed by atoms with Gasteiger partial charge in [0, 0.05) is 64.6 Å². The van der Waals surface area contributed by atoms with Gasteiger partial charge in [-0.3, -0.25) is 9.69 Å². The minimum absolute atomic E-state index is 0.0894. The lowest BCUT2D eigenvalue weighted by Crippen LogP contribution is -2.49. The molecule has 0 unspecified atom stereocenters. The standard InChI is InChI=1S/C16H26N4O3S/c1-18(2)15-6-4-5-14(13-15)16(21)17-7-8-19-9-11-20(12-10-19)24(3,22)23/h4-6,13H,7-12H2,1-3H3,(H,17,21). The molecule has 2 rings (SSSR count). The molecule has 1 fully saturated rings. The second-order valence-corrected chi connectivity index (χ2v) is 8.19. The number of benzene rings is 1. The van der Waals surface area contributed by atoms with Gasteiger partial charge >= 0.3 is 0 Å². The Kier molecular flexibility index (Phi) is 6.20. The van der Waals surface area contributed by atoms with Gasteiger partial charge in [-0.1, -0.05) is 6.07 Å². The van der Waals surface area contributed by atoms with Crippen molar-refractivity contribution in [2.24, 2.45) is 0 Å². The maximum atomic E-state index is 12.2. The van der Waals surface area contributed by atoms with Crippen molar-refractivity contribution in [3.63, 3.8) is 0 Å². The summed E-state index contributed by atoms with van der Waals surface area (Å²) in [6, 6.07) is 7.49. The predicted octanol–water partition coefficient (Wildman–Crippen LogP) is 0.0596. The third-order valence-electron chi connectivity index (χ3n) is 4.14. The normalized spacial score (nSPS) is 16.8. The number of anilines is 1. The van der Waals surface area contributed by atoms with Crippen LogP contribution in [0.25, 0.3) is 0 Å². The van der Waals surface area contributed by atoms with Crippen LogP contribution < -0.4 is 10.2 Å². The first kappa shape index (κ1) is 18.7. The smallest absolute Gasteiger partial charge is 0.251 e. The summed E-state index contributed by atoms with van der Waals surface area (Å²) >= 11 is 0. The number of carbonyl (C=O) groups excluding carboxylic acids is 1. The molecule has 0 spiro atoms. The van der Waals surface area contributed by atoms with E-state index < -0.39 is 10.0 Å². The summed E-state index contributed by atoms with van der Waals surface area (Å²) in [5, 5.41) is 2.92. The number of nitrogens with one attached hydrogen (secondary N) is 1. The van der Waals surface area contributed by atoms with Gasteiger partial charge in [0.25, 0.3) is 5.91 Å². The minimum Gasteiger partial charge on any atom is -0.378 e. The molecule has 1 N–H and O–H groups in total. The Labute approximate surface area is 144 Å². The molecule has 1 aliphatic heterocycles. The highest BCUT2D eigenvalue weighted by molar-refractivity contribution is 7.88. The lowest BCUT2D eigenvalue weighted by molar-refractivity contribution is 0.0945. The maximum Gasteiger partial charge on any atom is 0.251 e. The van der Waals surface area contributed by atoms with Crippen LogP contribution >= 0.6 is 0 Å². The molecule has 7 nitrogen and oxygen atoms in total. The lowest BCUT2D eigenvalue weighted by atomic mass is 10.2. The summed E-state index contributed by atoms with van der Waals surface area (Å²) in [5.41, 5.74) is 1.63. The average Bonchev–Trinajstić information content (AvgIpc) is 2.54. The third-order valence-corrected chi connectivity index (χ3v) is 5.44. The quantitative estimate of drug-likeness (QED) is 0.782. The van der Waals surface area contributed by atoms with Crippen molar-refractivity contribution in [2.45, 2.75) is 0 Å². The Hall–Kier alpha value is -1.64. The zero-order valence-corrected chi connectivity index (χ0v) is 15.3. The fourth-order valence-corrected chi connectivity index (χ4v) is 3.47. The van der Waals surface area contributed by atoms with E-state index in [1.165, 1.54) is 10.6 Å². The molecule has 0 atom stereocenters. The van der Waals surface area contributed by atoms with E-state index in [0.717, 1.165) is 12.2 Å². The Balaban J connectivity index is 1.77. The third kappa shape index (κ3) is 5.19. The van der Waals surface area contributed by atoms with Gasteiger partial charge in [0.15, 0.2) is 0 Å². The van der Waals surface area contributed by atoms with Gasteiger partial charge in [0.05, 0.1) is 6.26 Å². The molecule has 24 heavy (non-hydrogen) atoms. The molecule has 134 valence electrons. The topological polar surface area (TPSA) is 73.0 Å². The number of piperazine rings is 1. The lowest BCUT2D eigenvalue weighted by Gasteiger charge is -2.33. The first-order chi connectivity index (χ1) is 11.3. The van der Waals surface area contributed by atoms with Crippen LogP contribution in [-0.2, 0) is 10.0 Å². The van der Waals surface area contributed by atoms with Gasteiger partial charge in [-0.15, -0.1) is 0 Å². The van der Waals surface area contributed by atoms with Crippen LogP contribution in [0.2, 0.25) is 0 Å². The number of rotatable bonds is 6. The zero-order valence-electron chi connectivity index (χ0n) is 14.5. The Morgan fingerprint density at radius 1 is 1.21 bits per heavy atom. The van der Waals surface area contributed by atoms with Crippen molar-refractivity contribution in [3.05, 3.63) is 29.8 Å². The number of nitrogens with zero attached hydrogens (tertiary/aromatic N) is 3. The van der Waals surface area contributed by atoms with E-state index in [9.17, 15) is 13.2 Å². The maximum absolute atomic E-state index is 12.2. The van der Waals surface area contributed by atoms with Gasteiger partial charge < -0.3 is 10.2 Å². The summed E-state index contributed by atoms with van der Waals surface area (Å²) in [7, 11) is 0.778. The van der Waals surface area contributed by atoms with Crippen molar-refractivity contribution in [3.8, 4) is 0 Å². The first-order valence-corrected chi connectivity index (χ1v) is 9.85. The number of sulfonamides is 1. The van der Waals surface area contributed by atoms with E-state index in [0.29, 0.717) is 38.3 Å². The van der Waals surface area contributed by atoms with Crippen LogP contribution in [-0.4, -0.2) is 83.1 Å². The molecule has 0 bridgehead atoms. The minimum atomic E-state index is -3.10. The molecule has 0 radical (unpaired) electrons. The molecule has 1 saturated heterocycles. The van der Waals surface area contributed by atoms with Crippen LogP contribution in [0, 0.1) is 0 Å². The fourth-order valence-electron chi connectivity index (χ4n) is 2.64. The van der Waals surface area contributed by atoms with Crippen LogP contribution in [0.5, 0.6) is 0 Å². The van der Waals surface area contributed by atoms with E-state index in [-0.39, 0.29) is 5.91 Å². The number of carbonyl (C=O) groups is 1. The average molecular weight is 354 g/mol. The molecule has 1 aromatic rings. The molecular formula is C16H26N4O3S. The van der Waals surface area contributed by atoms with Crippen molar-refractivity contribution in [2.75, 3.05) is 64.5 Å². The fraction of sp³-hybridized carbons (Fsp3) is 0.562. The summed E-state index contributed by atoms with van der Waals surface area (Å²) in [6.07, 6.45) is 1.24. The highest BCUT2D eigenvalue weighted by Gasteiger charge is 2.22. The van der Waals surface area contributed by atoms with E-state index in [4.69, 9.17) is 0 Å². The van der Waals surface area contributed by atoms with Crippen LogP contribution in [0.4, 0.5) is 5.69 Å². The monoisotopic (exact) mass is 354 g/mol. The molecule has 0 saturated carbocycles. The van der Waals surface area contributed by atoms with Crippen LogP contribution in [0.15, 0.2) is 24.3 Å². The van der Waals surface area contributed by atoms with Crippen molar-refractivity contribution in [1.29, 1.82) is 0 Å². The Morgan fingerprint density at radius 3 is 2.46 bits per heavy atom. The molecule has 0 aliphatic carbocycles. The van der Waals surface area contributed by atoms with E-state index >= 15 is 0 Å². The van der Waals surface area contributed by atoms with Gasteiger partial charge in [0.1, 0.15) is 0 Å². The highest BCUT2D eigenvalue weighted by atomic mass is 32.2. The van der Waals surface area contributed by atoms with E-state index in [1.54, 1.807) is 6.07 Å². The Morgan fingerprint density at radius 2 is 1.88 bits per heavy atom. The number of hydrogen-bond donors (Lipinski definition) is 1. The van der Waals surface area contributed by atoms with Crippen molar-refractivity contribution >= 4 is 21.6 Å². The Bertz CT molecular complexity index is 668. The van der Waals surface area contributed by atoms with Gasteiger partial charge in [-0.2, -0.15) is 4.31 Å². The second kappa shape index (κ2) is 7.96.